The molecule has 6 nitrogen and oxygen atoms in total. The molecule has 106 valence electrons. The van der Waals surface area contributed by atoms with E-state index in [9.17, 15) is 9.59 Å². The molecule has 1 aliphatic carbocycles. The van der Waals surface area contributed by atoms with E-state index in [1.807, 2.05) is 18.2 Å². The minimum absolute atomic E-state index is 0.286. The summed E-state index contributed by atoms with van der Waals surface area (Å²) in [5.41, 5.74) is 1.21. The Bertz CT molecular complexity index is 936. The summed E-state index contributed by atoms with van der Waals surface area (Å²) >= 11 is 0. The zero-order chi connectivity index (χ0) is 14.6. The minimum Gasteiger partial charge on any atom is -0.336 e. The van der Waals surface area contributed by atoms with E-state index in [-0.39, 0.29) is 5.92 Å². The molecule has 0 bridgehead atoms. The molecule has 6 heteroatoms. The molecule has 21 heavy (non-hydrogen) atoms. The lowest BCUT2D eigenvalue weighted by molar-refractivity contribution is 0.829. The summed E-state index contributed by atoms with van der Waals surface area (Å²) in [6.45, 7) is 0. The SMILES string of the molecule is Cn1c(=O)[nH]c(=O)c2[nH]c(C3CC3c3ccccc3)nc21. The van der Waals surface area contributed by atoms with Crippen LogP contribution in [0, 0.1) is 0 Å². The highest BCUT2D eigenvalue weighted by molar-refractivity contribution is 5.69. The summed E-state index contributed by atoms with van der Waals surface area (Å²) in [6, 6.07) is 10.3. The van der Waals surface area contributed by atoms with Gasteiger partial charge in [-0.15, -0.1) is 0 Å². The van der Waals surface area contributed by atoms with Crippen LogP contribution in [0.25, 0.3) is 11.2 Å². The number of aromatic nitrogens is 4. The second-order valence-corrected chi connectivity index (χ2v) is 5.50. The van der Waals surface area contributed by atoms with Crippen LogP contribution < -0.4 is 11.2 Å². The molecular weight excluding hydrogens is 268 g/mol. The van der Waals surface area contributed by atoms with Crippen molar-refractivity contribution >= 4 is 11.2 Å². The first-order valence-electron chi connectivity index (χ1n) is 6.89. The molecule has 1 aliphatic rings. The van der Waals surface area contributed by atoms with E-state index >= 15 is 0 Å². The fourth-order valence-electron chi connectivity index (χ4n) is 2.86. The summed E-state index contributed by atoms with van der Waals surface area (Å²) in [7, 11) is 1.60. The third-order valence-corrected chi connectivity index (χ3v) is 4.14. The predicted octanol–water partition coefficient (Wildman–Crippen LogP) is 1.22. The number of rotatable bonds is 2. The quantitative estimate of drug-likeness (QED) is 0.741. The summed E-state index contributed by atoms with van der Waals surface area (Å²) in [5, 5.41) is 0. The van der Waals surface area contributed by atoms with Crippen molar-refractivity contribution in [2.75, 3.05) is 0 Å². The lowest BCUT2D eigenvalue weighted by Crippen LogP contribution is -2.28. The third kappa shape index (κ3) is 1.83. The van der Waals surface area contributed by atoms with Crippen molar-refractivity contribution in [3.63, 3.8) is 0 Å². The van der Waals surface area contributed by atoms with Gasteiger partial charge in [0.2, 0.25) is 0 Å². The monoisotopic (exact) mass is 282 g/mol. The molecular formula is C15H14N4O2. The largest absolute Gasteiger partial charge is 0.336 e. The molecule has 0 saturated heterocycles. The van der Waals surface area contributed by atoms with E-state index in [0.717, 1.165) is 12.2 Å². The number of imidazole rings is 1. The maximum absolute atomic E-state index is 11.8. The molecule has 0 amide bonds. The number of H-pyrrole nitrogens is 2. The van der Waals surface area contributed by atoms with Crippen molar-refractivity contribution in [3.05, 3.63) is 62.6 Å². The van der Waals surface area contributed by atoms with Gasteiger partial charge in [0.15, 0.2) is 5.65 Å². The van der Waals surface area contributed by atoms with Gasteiger partial charge in [-0.25, -0.2) is 9.78 Å². The molecule has 0 radical (unpaired) electrons. The van der Waals surface area contributed by atoms with Crippen LogP contribution in [0.2, 0.25) is 0 Å². The number of nitrogens with zero attached hydrogens (tertiary/aromatic N) is 2. The summed E-state index contributed by atoms with van der Waals surface area (Å²) in [5.74, 6) is 1.50. The number of aromatic amines is 2. The first-order valence-corrected chi connectivity index (χ1v) is 6.89. The van der Waals surface area contributed by atoms with E-state index in [1.54, 1.807) is 7.05 Å². The lowest BCUT2D eigenvalue weighted by Gasteiger charge is -1.97. The molecule has 2 atom stereocenters. The first-order chi connectivity index (χ1) is 10.1. The van der Waals surface area contributed by atoms with Crippen molar-refractivity contribution in [3.8, 4) is 0 Å². The van der Waals surface area contributed by atoms with Gasteiger partial charge in [0, 0.05) is 13.0 Å². The molecule has 2 aromatic heterocycles. The van der Waals surface area contributed by atoms with Gasteiger partial charge >= 0.3 is 5.69 Å². The Morgan fingerprint density at radius 3 is 2.67 bits per heavy atom. The molecule has 1 saturated carbocycles. The molecule has 0 aliphatic heterocycles. The number of nitrogens with one attached hydrogen (secondary N) is 2. The number of hydrogen-bond acceptors (Lipinski definition) is 3. The van der Waals surface area contributed by atoms with Gasteiger partial charge in [-0.05, 0) is 17.9 Å². The maximum atomic E-state index is 11.8. The topological polar surface area (TPSA) is 83.5 Å². The predicted molar refractivity (Wildman–Crippen MR) is 78.5 cm³/mol. The third-order valence-electron chi connectivity index (χ3n) is 4.14. The van der Waals surface area contributed by atoms with E-state index in [0.29, 0.717) is 17.1 Å². The normalized spacial score (nSPS) is 20.8. The van der Waals surface area contributed by atoms with Crippen LogP contribution in [0.15, 0.2) is 39.9 Å². The van der Waals surface area contributed by atoms with E-state index in [1.165, 1.54) is 10.1 Å². The average molecular weight is 282 g/mol. The van der Waals surface area contributed by atoms with Crippen molar-refractivity contribution in [1.29, 1.82) is 0 Å². The van der Waals surface area contributed by atoms with Gasteiger partial charge in [0.1, 0.15) is 11.3 Å². The van der Waals surface area contributed by atoms with Gasteiger partial charge in [0.25, 0.3) is 5.56 Å². The molecule has 2 heterocycles. The van der Waals surface area contributed by atoms with Crippen molar-refractivity contribution in [2.45, 2.75) is 18.3 Å². The Morgan fingerprint density at radius 2 is 1.90 bits per heavy atom. The molecule has 0 spiro atoms. The highest BCUT2D eigenvalue weighted by Crippen LogP contribution is 2.53. The number of hydrogen-bond donors (Lipinski definition) is 2. The molecule has 2 unspecified atom stereocenters. The van der Waals surface area contributed by atoms with Gasteiger partial charge in [-0.1, -0.05) is 30.3 Å². The first kappa shape index (κ1) is 12.1. The Balaban J connectivity index is 1.77. The molecule has 4 rings (SSSR count). The van der Waals surface area contributed by atoms with Crippen molar-refractivity contribution in [1.82, 2.24) is 19.5 Å². The van der Waals surface area contributed by atoms with E-state index in [2.05, 4.69) is 27.1 Å². The van der Waals surface area contributed by atoms with Crippen LogP contribution in [0.3, 0.4) is 0 Å². The van der Waals surface area contributed by atoms with Crippen molar-refractivity contribution in [2.24, 2.45) is 7.05 Å². The maximum Gasteiger partial charge on any atom is 0.329 e. The van der Waals surface area contributed by atoms with Gasteiger partial charge < -0.3 is 4.98 Å². The average Bonchev–Trinajstić information content (AvgIpc) is 3.17. The highest BCUT2D eigenvalue weighted by Gasteiger charge is 2.41. The smallest absolute Gasteiger partial charge is 0.329 e. The van der Waals surface area contributed by atoms with E-state index < -0.39 is 11.2 Å². The fraction of sp³-hybridized carbons (Fsp3) is 0.267. The van der Waals surface area contributed by atoms with E-state index in [4.69, 9.17) is 0 Å². The lowest BCUT2D eigenvalue weighted by atomic mass is 10.1. The van der Waals surface area contributed by atoms with Crippen LogP contribution in [0.5, 0.6) is 0 Å². The molecule has 3 aromatic rings. The Kier molecular flexibility index (Phi) is 2.42. The zero-order valence-corrected chi connectivity index (χ0v) is 11.5. The second-order valence-electron chi connectivity index (χ2n) is 5.50. The van der Waals surface area contributed by atoms with Gasteiger partial charge in [-0.3, -0.25) is 14.3 Å². The zero-order valence-electron chi connectivity index (χ0n) is 11.5. The van der Waals surface area contributed by atoms with Gasteiger partial charge in [0.05, 0.1) is 0 Å². The number of benzene rings is 1. The van der Waals surface area contributed by atoms with Crippen LogP contribution in [-0.4, -0.2) is 19.5 Å². The van der Waals surface area contributed by atoms with Crippen LogP contribution in [0.4, 0.5) is 0 Å². The number of aryl methyl sites for hydroxylation is 1. The summed E-state index contributed by atoms with van der Waals surface area (Å²) < 4.78 is 1.36. The molecule has 1 fully saturated rings. The van der Waals surface area contributed by atoms with Crippen molar-refractivity contribution < 1.29 is 0 Å². The molecule has 1 aromatic carbocycles. The van der Waals surface area contributed by atoms with Crippen LogP contribution >= 0.6 is 0 Å². The Hall–Kier alpha value is -2.63. The highest BCUT2D eigenvalue weighted by atomic mass is 16.2. The minimum atomic E-state index is -0.444. The summed E-state index contributed by atoms with van der Waals surface area (Å²) in [4.78, 5) is 33.2. The van der Waals surface area contributed by atoms with Crippen LogP contribution in [-0.2, 0) is 7.05 Å². The standard InChI is InChI=1S/C15H14N4O2/c1-19-13-11(14(20)18-15(19)21)16-12(17-13)10-7-9(10)8-5-3-2-4-6-8/h2-6,9-10H,7H2,1H3,(H,16,17)(H,18,20,21). The number of fused-ring (bicyclic) bond motifs is 1. The summed E-state index contributed by atoms with van der Waals surface area (Å²) in [6.07, 6.45) is 1.01. The Labute approximate surface area is 119 Å². The van der Waals surface area contributed by atoms with Crippen LogP contribution in [0.1, 0.15) is 29.6 Å². The second kappa shape index (κ2) is 4.18. The Morgan fingerprint density at radius 1 is 1.14 bits per heavy atom. The molecule has 2 N–H and O–H groups in total. The van der Waals surface area contributed by atoms with Gasteiger partial charge in [-0.2, -0.15) is 0 Å². The fourth-order valence-corrected chi connectivity index (χ4v) is 2.86.